The molecule has 0 fully saturated rings. The third-order valence-electron chi connectivity index (χ3n) is 2.67. The Hall–Kier alpha value is -2.48. The van der Waals surface area contributed by atoms with Gasteiger partial charge in [-0.2, -0.15) is 18.4 Å². The minimum absolute atomic E-state index is 0.115. The number of para-hydroxylation sites is 1. The molecule has 0 heterocycles. The second-order valence-corrected chi connectivity index (χ2v) is 4.21. The highest BCUT2D eigenvalue weighted by Crippen LogP contribution is 2.38. The molecule has 0 bridgehead atoms. The summed E-state index contributed by atoms with van der Waals surface area (Å²) in [5.74, 6) is -0.202. The lowest BCUT2D eigenvalue weighted by atomic mass is 10.1. The fourth-order valence-electron chi connectivity index (χ4n) is 1.71. The molecule has 102 valence electrons. The molecule has 5 heteroatoms. The summed E-state index contributed by atoms with van der Waals surface area (Å²) in [7, 11) is 0. The van der Waals surface area contributed by atoms with Crippen molar-refractivity contribution in [3.05, 3.63) is 59.2 Å². The van der Waals surface area contributed by atoms with E-state index in [9.17, 15) is 13.2 Å². The number of ether oxygens (including phenoxy) is 1. The Kier molecular flexibility index (Phi) is 3.66. The Morgan fingerprint density at radius 3 is 2.40 bits per heavy atom. The van der Waals surface area contributed by atoms with Crippen LogP contribution in [0.4, 0.5) is 13.2 Å². The van der Waals surface area contributed by atoms with E-state index in [0.29, 0.717) is 0 Å². The zero-order valence-electron chi connectivity index (χ0n) is 10.5. The molecule has 0 aliphatic carbocycles. The Morgan fingerprint density at radius 2 is 1.75 bits per heavy atom. The molecule has 0 saturated heterocycles. The van der Waals surface area contributed by atoms with Crippen LogP contribution in [0.1, 0.15) is 16.7 Å². The number of nitrogens with zero attached hydrogens (tertiary/aromatic N) is 1. The van der Waals surface area contributed by atoms with Crippen molar-refractivity contribution in [2.24, 2.45) is 0 Å². The van der Waals surface area contributed by atoms with E-state index in [0.717, 1.165) is 11.6 Å². The Labute approximate surface area is 114 Å². The predicted molar refractivity (Wildman–Crippen MR) is 67.4 cm³/mol. The summed E-state index contributed by atoms with van der Waals surface area (Å²) in [4.78, 5) is 0. The topological polar surface area (TPSA) is 33.0 Å². The molecule has 0 unspecified atom stereocenters. The van der Waals surface area contributed by atoms with Crippen molar-refractivity contribution in [2.45, 2.75) is 13.1 Å². The lowest BCUT2D eigenvalue weighted by Crippen LogP contribution is -2.07. The van der Waals surface area contributed by atoms with Gasteiger partial charge in [0, 0.05) is 0 Å². The summed E-state index contributed by atoms with van der Waals surface area (Å²) in [6, 6.07) is 11.5. The van der Waals surface area contributed by atoms with Crippen LogP contribution in [-0.2, 0) is 6.18 Å². The first-order chi connectivity index (χ1) is 9.41. The zero-order valence-corrected chi connectivity index (χ0v) is 10.5. The molecule has 0 aliphatic rings. The Bertz CT molecular complexity index is 672. The van der Waals surface area contributed by atoms with E-state index < -0.39 is 11.7 Å². The highest BCUT2D eigenvalue weighted by Gasteiger charge is 2.34. The summed E-state index contributed by atoms with van der Waals surface area (Å²) in [6.07, 6.45) is -4.51. The third kappa shape index (κ3) is 2.91. The number of aryl methyl sites for hydroxylation is 1. The lowest BCUT2D eigenvalue weighted by molar-refractivity contribution is -0.138. The van der Waals surface area contributed by atoms with Crippen molar-refractivity contribution >= 4 is 0 Å². The van der Waals surface area contributed by atoms with Crippen molar-refractivity contribution in [3.8, 4) is 17.6 Å². The standard InChI is InChI=1S/C15H10F3NO/c1-10-6-7-11(9-19)14(8-10)20-13-5-3-2-4-12(13)15(16,17)18/h2-8H,1H3. The van der Waals surface area contributed by atoms with Gasteiger partial charge in [0.2, 0.25) is 0 Å². The zero-order chi connectivity index (χ0) is 14.8. The van der Waals surface area contributed by atoms with Crippen molar-refractivity contribution in [1.29, 1.82) is 5.26 Å². The van der Waals surface area contributed by atoms with E-state index in [1.165, 1.54) is 30.3 Å². The van der Waals surface area contributed by atoms with Crippen LogP contribution in [0.2, 0.25) is 0 Å². The molecule has 0 amide bonds. The van der Waals surface area contributed by atoms with Gasteiger partial charge in [0.05, 0.1) is 11.1 Å². The molecule has 2 rings (SSSR count). The lowest BCUT2D eigenvalue weighted by Gasteiger charge is -2.14. The Morgan fingerprint density at radius 1 is 1.05 bits per heavy atom. The predicted octanol–water partition coefficient (Wildman–Crippen LogP) is 4.68. The van der Waals surface area contributed by atoms with Gasteiger partial charge in [0.1, 0.15) is 17.6 Å². The van der Waals surface area contributed by atoms with Gasteiger partial charge in [-0.05, 0) is 36.8 Å². The number of hydrogen-bond acceptors (Lipinski definition) is 2. The van der Waals surface area contributed by atoms with Gasteiger partial charge in [0.15, 0.2) is 0 Å². The number of hydrogen-bond donors (Lipinski definition) is 0. The molecular formula is C15H10F3NO. The van der Waals surface area contributed by atoms with Gasteiger partial charge in [-0.3, -0.25) is 0 Å². The molecule has 0 radical (unpaired) electrons. The van der Waals surface area contributed by atoms with Crippen LogP contribution in [0.15, 0.2) is 42.5 Å². The molecule has 2 aromatic carbocycles. The molecule has 0 aromatic heterocycles. The maximum absolute atomic E-state index is 12.9. The fourth-order valence-corrected chi connectivity index (χ4v) is 1.71. The largest absolute Gasteiger partial charge is 0.455 e. The van der Waals surface area contributed by atoms with E-state index in [2.05, 4.69) is 0 Å². The molecule has 0 saturated carbocycles. The highest BCUT2D eigenvalue weighted by atomic mass is 19.4. The normalized spacial score (nSPS) is 10.9. The first-order valence-electron chi connectivity index (χ1n) is 5.76. The van der Waals surface area contributed by atoms with Crippen LogP contribution in [0.3, 0.4) is 0 Å². The van der Waals surface area contributed by atoms with Gasteiger partial charge < -0.3 is 4.74 Å². The van der Waals surface area contributed by atoms with E-state index in [4.69, 9.17) is 10.00 Å². The smallest absolute Gasteiger partial charge is 0.419 e. The van der Waals surface area contributed by atoms with Crippen molar-refractivity contribution < 1.29 is 17.9 Å². The molecule has 2 aromatic rings. The fraction of sp³-hybridized carbons (Fsp3) is 0.133. The highest BCUT2D eigenvalue weighted by molar-refractivity contribution is 5.48. The van der Waals surface area contributed by atoms with Gasteiger partial charge in [0.25, 0.3) is 0 Å². The van der Waals surface area contributed by atoms with Crippen LogP contribution in [0, 0.1) is 18.3 Å². The van der Waals surface area contributed by atoms with Gasteiger partial charge >= 0.3 is 6.18 Å². The van der Waals surface area contributed by atoms with E-state index in [1.807, 2.05) is 6.07 Å². The third-order valence-corrected chi connectivity index (χ3v) is 2.67. The monoisotopic (exact) mass is 277 g/mol. The van der Waals surface area contributed by atoms with Crippen LogP contribution in [0.5, 0.6) is 11.5 Å². The maximum atomic E-state index is 12.9. The van der Waals surface area contributed by atoms with Crippen molar-refractivity contribution in [1.82, 2.24) is 0 Å². The maximum Gasteiger partial charge on any atom is 0.419 e. The van der Waals surface area contributed by atoms with Gasteiger partial charge in [-0.15, -0.1) is 0 Å². The molecule has 0 N–H and O–H groups in total. The number of nitriles is 1. The summed E-state index contributed by atoms with van der Waals surface area (Å²) >= 11 is 0. The first-order valence-corrected chi connectivity index (χ1v) is 5.76. The van der Waals surface area contributed by atoms with Crippen molar-refractivity contribution in [3.63, 3.8) is 0 Å². The SMILES string of the molecule is Cc1ccc(C#N)c(Oc2ccccc2C(F)(F)F)c1. The number of rotatable bonds is 2. The average molecular weight is 277 g/mol. The summed E-state index contributed by atoms with van der Waals surface area (Å²) < 4.78 is 43.9. The number of halogens is 3. The van der Waals surface area contributed by atoms with Gasteiger partial charge in [-0.25, -0.2) is 0 Å². The van der Waals surface area contributed by atoms with Crippen molar-refractivity contribution in [2.75, 3.05) is 0 Å². The van der Waals surface area contributed by atoms with E-state index in [1.54, 1.807) is 13.0 Å². The first kappa shape index (κ1) is 13.9. The minimum atomic E-state index is -4.51. The number of benzene rings is 2. The molecule has 2 nitrogen and oxygen atoms in total. The molecular weight excluding hydrogens is 267 g/mol. The molecule has 20 heavy (non-hydrogen) atoms. The van der Waals surface area contributed by atoms with Crippen LogP contribution < -0.4 is 4.74 Å². The van der Waals surface area contributed by atoms with Crippen LogP contribution in [-0.4, -0.2) is 0 Å². The molecule has 0 spiro atoms. The van der Waals surface area contributed by atoms with Crippen LogP contribution in [0.25, 0.3) is 0 Å². The summed E-state index contributed by atoms with van der Waals surface area (Å²) in [6.45, 7) is 1.77. The summed E-state index contributed by atoms with van der Waals surface area (Å²) in [5.41, 5.74) is 0.112. The van der Waals surface area contributed by atoms with E-state index in [-0.39, 0.29) is 17.1 Å². The molecule has 0 atom stereocenters. The van der Waals surface area contributed by atoms with Gasteiger partial charge in [-0.1, -0.05) is 18.2 Å². The quantitative estimate of drug-likeness (QED) is 0.798. The average Bonchev–Trinajstić information content (AvgIpc) is 2.38. The number of alkyl halides is 3. The second-order valence-electron chi connectivity index (χ2n) is 4.21. The summed E-state index contributed by atoms with van der Waals surface area (Å²) in [5, 5.41) is 8.96. The second kappa shape index (κ2) is 5.25. The molecule has 0 aliphatic heterocycles. The Balaban J connectivity index is 2.46. The van der Waals surface area contributed by atoms with Crippen LogP contribution >= 0.6 is 0 Å². The van der Waals surface area contributed by atoms with E-state index >= 15 is 0 Å². The minimum Gasteiger partial charge on any atom is -0.455 e.